The number of benzene rings is 1. The number of rotatable bonds is 6. The van der Waals surface area contributed by atoms with E-state index in [9.17, 15) is 21.6 Å². The fraction of sp³-hybridized carbons (Fsp3) is 0.462. The van der Waals surface area contributed by atoms with E-state index in [0.29, 0.717) is 13.0 Å². The monoisotopic (exact) mass is 352 g/mol. The van der Waals surface area contributed by atoms with Crippen molar-refractivity contribution in [2.24, 2.45) is 10.1 Å². The van der Waals surface area contributed by atoms with Crippen LogP contribution in [0.4, 0.5) is 13.2 Å². The molecular formula is C13H19F3N4O2S. The molecule has 0 aliphatic rings. The molecule has 130 valence electrons. The first-order chi connectivity index (χ1) is 10.6. The van der Waals surface area contributed by atoms with Crippen LogP contribution in [0.25, 0.3) is 0 Å². The molecule has 0 fully saturated rings. The lowest BCUT2D eigenvalue weighted by Gasteiger charge is -2.13. The van der Waals surface area contributed by atoms with Gasteiger partial charge in [0.1, 0.15) is 0 Å². The van der Waals surface area contributed by atoms with Gasteiger partial charge in [0.15, 0.2) is 5.96 Å². The maximum atomic E-state index is 12.0. The van der Waals surface area contributed by atoms with Crippen LogP contribution in [0.15, 0.2) is 34.2 Å². The molecule has 0 saturated heterocycles. The molecule has 0 spiro atoms. The number of halogens is 3. The summed E-state index contributed by atoms with van der Waals surface area (Å²) in [5, 5.41) is 10.4. The first kappa shape index (κ1) is 19.2. The van der Waals surface area contributed by atoms with Crippen LogP contribution in [0.3, 0.4) is 0 Å². The number of guanidine groups is 1. The number of primary sulfonamides is 1. The third-order valence-electron chi connectivity index (χ3n) is 2.88. The topological polar surface area (TPSA) is 96.6 Å². The highest BCUT2D eigenvalue weighted by Crippen LogP contribution is 2.18. The highest BCUT2D eigenvalue weighted by atomic mass is 32.2. The van der Waals surface area contributed by atoms with E-state index in [-0.39, 0.29) is 17.4 Å². The maximum absolute atomic E-state index is 12.0. The molecule has 10 heteroatoms. The van der Waals surface area contributed by atoms with Gasteiger partial charge >= 0.3 is 6.18 Å². The molecule has 0 saturated carbocycles. The molecule has 23 heavy (non-hydrogen) atoms. The largest absolute Gasteiger partial charge is 0.390 e. The van der Waals surface area contributed by atoms with Gasteiger partial charge < -0.3 is 10.6 Å². The molecular weight excluding hydrogens is 333 g/mol. The van der Waals surface area contributed by atoms with Crippen LogP contribution < -0.4 is 15.8 Å². The van der Waals surface area contributed by atoms with Crippen LogP contribution in [-0.4, -0.2) is 40.7 Å². The van der Waals surface area contributed by atoms with Crippen LogP contribution >= 0.6 is 0 Å². The molecule has 0 aliphatic heterocycles. The number of hydrogen-bond acceptors (Lipinski definition) is 3. The highest BCUT2D eigenvalue weighted by molar-refractivity contribution is 7.89. The normalized spacial score (nSPS) is 13.0. The van der Waals surface area contributed by atoms with E-state index in [1.807, 2.05) is 0 Å². The lowest BCUT2D eigenvalue weighted by molar-refractivity contribution is -0.132. The highest BCUT2D eigenvalue weighted by Gasteiger charge is 2.26. The zero-order chi connectivity index (χ0) is 17.5. The summed E-state index contributed by atoms with van der Waals surface area (Å²) in [6.07, 6.45) is -4.61. The van der Waals surface area contributed by atoms with E-state index in [2.05, 4.69) is 15.6 Å². The van der Waals surface area contributed by atoms with Crippen molar-refractivity contribution in [3.05, 3.63) is 29.8 Å². The molecule has 1 aromatic carbocycles. The first-order valence-electron chi connectivity index (χ1n) is 6.75. The Kier molecular flexibility index (Phi) is 6.82. The lowest BCUT2D eigenvalue weighted by Crippen LogP contribution is -2.39. The van der Waals surface area contributed by atoms with Gasteiger partial charge in [-0.1, -0.05) is 12.1 Å². The van der Waals surface area contributed by atoms with Gasteiger partial charge in [-0.05, 0) is 24.1 Å². The Labute approximate surface area is 133 Å². The van der Waals surface area contributed by atoms with Crippen LogP contribution in [0.2, 0.25) is 0 Å². The minimum Gasteiger partial charge on any atom is -0.356 e. The number of nitrogens with one attached hydrogen (secondary N) is 2. The van der Waals surface area contributed by atoms with Crippen molar-refractivity contribution >= 4 is 16.0 Å². The van der Waals surface area contributed by atoms with Crippen LogP contribution in [0.5, 0.6) is 0 Å². The van der Waals surface area contributed by atoms with Gasteiger partial charge in [-0.15, -0.1) is 0 Å². The number of sulfonamides is 1. The van der Waals surface area contributed by atoms with E-state index < -0.39 is 22.6 Å². The van der Waals surface area contributed by atoms with Crippen LogP contribution in [0.1, 0.15) is 12.0 Å². The Morgan fingerprint density at radius 2 is 1.74 bits per heavy atom. The Morgan fingerprint density at radius 3 is 2.22 bits per heavy atom. The molecule has 4 N–H and O–H groups in total. The van der Waals surface area contributed by atoms with Crippen molar-refractivity contribution in [2.45, 2.75) is 23.9 Å². The zero-order valence-corrected chi connectivity index (χ0v) is 13.3. The number of aliphatic imine (C=N–C) groups is 1. The molecule has 0 atom stereocenters. The van der Waals surface area contributed by atoms with Crippen molar-refractivity contribution in [2.75, 3.05) is 20.1 Å². The summed E-state index contributed by atoms with van der Waals surface area (Å²) in [7, 11) is -2.25. The predicted octanol–water partition coefficient (Wildman–Crippen LogP) is 0.994. The summed E-state index contributed by atoms with van der Waals surface area (Å²) in [6.45, 7) is 0.173. The van der Waals surface area contributed by atoms with Gasteiger partial charge in [-0.2, -0.15) is 13.2 Å². The van der Waals surface area contributed by atoms with Crippen molar-refractivity contribution in [1.29, 1.82) is 0 Å². The van der Waals surface area contributed by atoms with Crippen molar-refractivity contribution in [3.63, 3.8) is 0 Å². The minimum atomic E-state index is -4.21. The van der Waals surface area contributed by atoms with Gasteiger partial charge in [0.05, 0.1) is 11.3 Å². The summed E-state index contributed by atoms with van der Waals surface area (Å²) >= 11 is 0. The quantitative estimate of drug-likeness (QED) is 0.525. The summed E-state index contributed by atoms with van der Waals surface area (Å²) in [5.41, 5.74) is 0.857. The fourth-order valence-corrected chi connectivity index (χ4v) is 2.23. The molecule has 0 bridgehead atoms. The lowest BCUT2D eigenvalue weighted by atomic mass is 10.1. The summed E-state index contributed by atoms with van der Waals surface area (Å²) in [6, 6.07) is 6.06. The van der Waals surface area contributed by atoms with Gasteiger partial charge in [0.25, 0.3) is 0 Å². The molecule has 0 unspecified atom stereocenters. The van der Waals surface area contributed by atoms with Gasteiger partial charge in [-0.25, -0.2) is 13.6 Å². The second-order valence-corrected chi connectivity index (χ2v) is 6.29. The zero-order valence-electron chi connectivity index (χ0n) is 12.5. The van der Waals surface area contributed by atoms with Gasteiger partial charge in [-0.3, -0.25) is 4.99 Å². The summed E-state index contributed by atoms with van der Waals surface area (Å²) in [4.78, 5) is 3.84. The molecule has 0 aliphatic carbocycles. The van der Waals surface area contributed by atoms with E-state index in [1.54, 1.807) is 12.1 Å². The van der Waals surface area contributed by atoms with Crippen LogP contribution in [-0.2, 0) is 16.4 Å². The molecule has 0 heterocycles. The number of nitrogens with two attached hydrogens (primary N) is 1. The van der Waals surface area contributed by atoms with Gasteiger partial charge in [0.2, 0.25) is 10.0 Å². The fourth-order valence-electron chi connectivity index (χ4n) is 1.71. The number of alkyl halides is 3. The van der Waals surface area contributed by atoms with E-state index >= 15 is 0 Å². The minimum absolute atomic E-state index is 0.0267. The number of hydrogen-bond donors (Lipinski definition) is 3. The summed E-state index contributed by atoms with van der Waals surface area (Å²) in [5.74, 6) is 0.274. The van der Waals surface area contributed by atoms with Crippen molar-refractivity contribution in [3.8, 4) is 0 Å². The van der Waals surface area contributed by atoms with E-state index in [0.717, 1.165) is 5.56 Å². The molecule has 0 amide bonds. The Morgan fingerprint density at radius 1 is 1.17 bits per heavy atom. The number of nitrogens with zero attached hydrogens (tertiary/aromatic N) is 1. The second-order valence-electron chi connectivity index (χ2n) is 4.73. The van der Waals surface area contributed by atoms with E-state index in [4.69, 9.17) is 5.14 Å². The SMILES string of the molecule is CN=C(NCCc1ccc(S(N)(=O)=O)cc1)NCCC(F)(F)F. The molecule has 6 nitrogen and oxygen atoms in total. The Balaban J connectivity index is 2.40. The Bertz CT molecular complexity index is 628. The second kappa shape index (κ2) is 8.16. The molecule has 0 radical (unpaired) electrons. The average Bonchev–Trinajstić information content (AvgIpc) is 2.44. The van der Waals surface area contributed by atoms with E-state index in [1.165, 1.54) is 19.2 Å². The third-order valence-corrected chi connectivity index (χ3v) is 3.81. The van der Waals surface area contributed by atoms with Crippen LogP contribution in [0, 0.1) is 0 Å². The predicted molar refractivity (Wildman–Crippen MR) is 81.6 cm³/mol. The summed E-state index contributed by atoms with van der Waals surface area (Å²) < 4.78 is 58.4. The third kappa shape index (κ3) is 7.84. The van der Waals surface area contributed by atoms with Crippen molar-refractivity contribution in [1.82, 2.24) is 10.6 Å². The average molecular weight is 352 g/mol. The van der Waals surface area contributed by atoms with Gasteiger partial charge in [0, 0.05) is 20.1 Å². The molecule has 1 rings (SSSR count). The molecule has 0 aromatic heterocycles. The van der Waals surface area contributed by atoms with Crippen molar-refractivity contribution < 1.29 is 21.6 Å². The maximum Gasteiger partial charge on any atom is 0.390 e. The smallest absolute Gasteiger partial charge is 0.356 e. The standard InChI is InChI=1S/C13H19F3N4O2S/c1-18-12(20-9-7-13(14,15)16)19-8-6-10-2-4-11(5-3-10)23(17,21)22/h2-5H,6-9H2,1H3,(H2,17,21,22)(H2,18,19,20). The Hall–Kier alpha value is -1.81. The molecule has 1 aromatic rings. The first-order valence-corrected chi connectivity index (χ1v) is 8.29.